The molecule has 6 saturated carbocycles. The van der Waals surface area contributed by atoms with Crippen LogP contribution >= 0.6 is 0 Å². The predicted molar refractivity (Wildman–Crippen MR) is 200 cm³/mol. The zero-order valence-electron chi connectivity index (χ0n) is 29.5. The summed E-state index contributed by atoms with van der Waals surface area (Å²) in [5.74, 6) is 5.25. The first-order valence-electron chi connectivity index (χ1n) is 21.0. The van der Waals surface area contributed by atoms with Gasteiger partial charge >= 0.3 is 0 Å². The van der Waals surface area contributed by atoms with Crippen LogP contribution in [0.15, 0.2) is 47.9 Å². The molecule has 6 rings (SSSR count). The Labute approximate surface area is 281 Å². The first kappa shape index (κ1) is 34.1. The van der Waals surface area contributed by atoms with Gasteiger partial charge in [-0.1, -0.05) is 151 Å². The highest BCUT2D eigenvalue weighted by atomic mass is 28.3. The number of rotatable bonds is 10. The topological polar surface area (TPSA) is 0 Å². The quantitative estimate of drug-likeness (QED) is 0.167. The maximum atomic E-state index is 3.05. The minimum absolute atomic E-state index is 0.861. The molecule has 0 atom stereocenters. The smallest absolute Gasteiger partial charge is 0.0937 e. The summed E-state index contributed by atoms with van der Waals surface area (Å²) in [4.78, 5) is 0. The van der Waals surface area contributed by atoms with Crippen molar-refractivity contribution in [3.63, 3.8) is 0 Å². The van der Waals surface area contributed by atoms with Crippen LogP contribution < -0.4 is 0 Å². The van der Waals surface area contributed by atoms with Crippen molar-refractivity contribution in [2.75, 3.05) is 0 Å². The molecule has 45 heavy (non-hydrogen) atoms. The molecule has 6 aliphatic carbocycles. The van der Waals surface area contributed by atoms with Gasteiger partial charge < -0.3 is 0 Å². The molecule has 0 nitrogen and oxygen atoms in total. The van der Waals surface area contributed by atoms with Crippen molar-refractivity contribution in [2.45, 2.75) is 191 Å². The van der Waals surface area contributed by atoms with Gasteiger partial charge in [0.15, 0.2) is 0 Å². The lowest BCUT2D eigenvalue weighted by atomic mass is 9.84. The molecule has 0 saturated heterocycles. The lowest BCUT2D eigenvalue weighted by molar-refractivity contribution is 0.378. The Morgan fingerprint density at radius 1 is 0.244 bits per heavy atom. The van der Waals surface area contributed by atoms with E-state index in [1.54, 1.807) is 0 Å². The van der Waals surface area contributed by atoms with Gasteiger partial charge in [0, 0.05) is 0 Å². The van der Waals surface area contributed by atoms with Crippen molar-refractivity contribution >= 4 is 8.07 Å². The summed E-state index contributed by atoms with van der Waals surface area (Å²) < 4.78 is 0. The van der Waals surface area contributed by atoms with E-state index in [9.17, 15) is 0 Å². The lowest BCUT2D eigenvalue weighted by Crippen LogP contribution is -2.45. The highest BCUT2D eigenvalue weighted by Crippen LogP contribution is 2.52. The zero-order valence-corrected chi connectivity index (χ0v) is 30.5. The molecule has 0 N–H and O–H groups in total. The van der Waals surface area contributed by atoms with Gasteiger partial charge in [0.25, 0.3) is 0 Å². The minimum atomic E-state index is -1.74. The normalized spacial score (nSPS) is 34.3. The summed E-state index contributed by atoms with van der Waals surface area (Å²) in [5, 5.41) is 0. The van der Waals surface area contributed by atoms with Crippen molar-refractivity contribution in [3.05, 3.63) is 47.9 Å². The van der Waals surface area contributed by atoms with E-state index in [-0.39, 0.29) is 0 Å². The van der Waals surface area contributed by atoms with Crippen LogP contribution in [0.3, 0.4) is 0 Å². The van der Waals surface area contributed by atoms with Crippen LogP contribution in [-0.4, -0.2) is 8.07 Å². The van der Waals surface area contributed by atoms with E-state index in [2.05, 4.69) is 47.9 Å². The Morgan fingerprint density at radius 3 is 0.778 bits per heavy atom. The molecular formula is C44H72Si. The van der Waals surface area contributed by atoms with Crippen LogP contribution in [0.5, 0.6) is 0 Å². The van der Waals surface area contributed by atoms with Gasteiger partial charge in [0.1, 0.15) is 8.07 Å². The second-order valence-corrected chi connectivity index (χ2v) is 21.6. The van der Waals surface area contributed by atoms with Crippen LogP contribution in [0.25, 0.3) is 0 Å². The molecule has 0 radical (unpaired) electrons. The summed E-state index contributed by atoms with van der Waals surface area (Å²) in [5.41, 5.74) is 8.06. The third-order valence-electron chi connectivity index (χ3n) is 14.2. The first-order valence-corrected chi connectivity index (χ1v) is 23.3. The van der Waals surface area contributed by atoms with Gasteiger partial charge in [-0.25, -0.2) is 0 Å². The fourth-order valence-corrected chi connectivity index (χ4v) is 16.8. The zero-order chi connectivity index (χ0) is 30.6. The Bertz CT molecular complexity index is 851. The van der Waals surface area contributed by atoms with Crippen molar-refractivity contribution in [2.24, 2.45) is 35.5 Å². The second kappa shape index (κ2) is 18.1. The fourth-order valence-electron chi connectivity index (χ4n) is 11.1. The SMILES string of the molecule is C(=CC1CCC([Si](C=CC2CCCCC2)(C=CC2CCCCC2)C2CCC(C=CC3CCCCC3)CC2)CC1)C1CCCCC1. The molecular weight excluding hydrogens is 557 g/mol. The Morgan fingerprint density at radius 2 is 0.489 bits per heavy atom. The number of allylic oxidation sites excluding steroid dienone is 6. The summed E-state index contributed by atoms with van der Waals surface area (Å²) in [6, 6.07) is 0. The molecule has 1 heteroatoms. The van der Waals surface area contributed by atoms with E-state index in [0.717, 1.165) is 46.6 Å². The highest BCUT2D eigenvalue weighted by molar-refractivity contribution is 6.91. The standard InChI is InChI=1S/C44H72Si/c1-5-13-37(14-6-1)21-23-41-25-29-43(30-26-41)45(35-33-39-17-9-3-10-18-39,36-34-40-19-11-4-12-20-40)44-31-27-42(28-32-44)24-22-38-15-7-2-8-16-38/h21-24,33-44H,1-20,25-32H2. The average molecular weight is 629 g/mol. The number of hydrogen-bond donors (Lipinski definition) is 0. The molecule has 0 spiro atoms. The molecule has 0 aliphatic heterocycles. The van der Waals surface area contributed by atoms with Crippen molar-refractivity contribution in [1.29, 1.82) is 0 Å². The monoisotopic (exact) mass is 629 g/mol. The molecule has 6 aliphatic rings. The van der Waals surface area contributed by atoms with E-state index < -0.39 is 8.07 Å². The van der Waals surface area contributed by atoms with Crippen LogP contribution in [0, 0.1) is 35.5 Å². The van der Waals surface area contributed by atoms with Gasteiger partial charge in [-0.15, -0.1) is 0 Å². The molecule has 0 unspecified atom stereocenters. The third-order valence-corrected chi connectivity index (χ3v) is 19.7. The second-order valence-electron chi connectivity index (χ2n) is 17.3. The molecule has 6 fully saturated rings. The van der Waals surface area contributed by atoms with Crippen LogP contribution in [-0.2, 0) is 0 Å². The third kappa shape index (κ3) is 10.1. The summed E-state index contributed by atoms with van der Waals surface area (Å²) in [6.07, 6.45) is 57.8. The Hall–Kier alpha value is -0.823. The van der Waals surface area contributed by atoms with E-state index in [1.807, 2.05) is 0 Å². The highest BCUT2D eigenvalue weighted by Gasteiger charge is 2.46. The van der Waals surface area contributed by atoms with Gasteiger partial charge in [-0.05, 0) is 124 Å². The summed E-state index contributed by atoms with van der Waals surface area (Å²) >= 11 is 0. The van der Waals surface area contributed by atoms with E-state index in [4.69, 9.17) is 0 Å². The van der Waals surface area contributed by atoms with E-state index in [0.29, 0.717) is 0 Å². The predicted octanol–water partition coefficient (Wildman–Crippen LogP) is 14.2. The molecule has 0 aromatic heterocycles. The van der Waals surface area contributed by atoms with Gasteiger partial charge in [-0.2, -0.15) is 0 Å². The number of hydrogen-bond acceptors (Lipinski definition) is 0. The molecule has 0 aromatic carbocycles. The maximum Gasteiger partial charge on any atom is 0.107 e. The van der Waals surface area contributed by atoms with Crippen LogP contribution in [0.1, 0.15) is 180 Å². The van der Waals surface area contributed by atoms with Crippen LogP contribution in [0.4, 0.5) is 0 Å². The summed E-state index contributed by atoms with van der Waals surface area (Å²) in [7, 11) is -1.74. The van der Waals surface area contributed by atoms with Crippen LogP contribution in [0.2, 0.25) is 11.1 Å². The van der Waals surface area contributed by atoms with E-state index in [1.165, 1.54) is 180 Å². The van der Waals surface area contributed by atoms with Gasteiger partial charge in [-0.3, -0.25) is 0 Å². The molecule has 0 amide bonds. The van der Waals surface area contributed by atoms with Crippen molar-refractivity contribution in [3.8, 4) is 0 Å². The Balaban J connectivity index is 1.19. The Kier molecular flexibility index (Phi) is 13.7. The van der Waals surface area contributed by atoms with E-state index >= 15 is 0 Å². The van der Waals surface area contributed by atoms with Crippen molar-refractivity contribution < 1.29 is 0 Å². The minimum Gasteiger partial charge on any atom is -0.0937 e. The molecule has 0 bridgehead atoms. The summed E-state index contributed by atoms with van der Waals surface area (Å²) in [6.45, 7) is 0. The van der Waals surface area contributed by atoms with Crippen molar-refractivity contribution in [1.82, 2.24) is 0 Å². The average Bonchev–Trinajstić information content (AvgIpc) is 3.12. The molecule has 0 aromatic rings. The first-order chi connectivity index (χ1) is 22.3. The lowest BCUT2D eigenvalue weighted by Gasteiger charge is -2.46. The molecule has 0 heterocycles. The maximum absolute atomic E-state index is 3.05. The fraction of sp³-hybridized carbons (Fsp3) is 0.818. The van der Waals surface area contributed by atoms with Gasteiger partial charge in [0.2, 0.25) is 0 Å². The van der Waals surface area contributed by atoms with Gasteiger partial charge in [0.05, 0.1) is 0 Å². The largest absolute Gasteiger partial charge is 0.107 e. The molecule has 252 valence electrons.